The van der Waals surface area contributed by atoms with Gasteiger partial charge in [0.15, 0.2) is 0 Å². The van der Waals surface area contributed by atoms with Gasteiger partial charge in [0.1, 0.15) is 22.9 Å². The first-order chi connectivity index (χ1) is 17.8. The van der Waals surface area contributed by atoms with Crippen molar-refractivity contribution in [2.45, 2.75) is 43.2 Å². The molecular formula is C26H26ClN5O4S. The largest absolute Gasteiger partial charge is 0.486 e. The van der Waals surface area contributed by atoms with Crippen LogP contribution >= 0.6 is 11.6 Å². The summed E-state index contributed by atoms with van der Waals surface area (Å²) in [7, 11) is -2.22. The zero-order chi connectivity index (χ0) is 26.0. The average Bonchev–Trinajstić information content (AvgIpc) is 3.57. The fraction of sp³-hybridized carbons (Fsp3) is 0.269. The van der Waals surface area contributed by atoms with Crippen LogP contribution in [0.15, 0.2) is 76.7 Å². The lowest BCUT2D eigenvalue weighted by molar-refractivity contribution is 0.293. The van der Waals surface area contributed by atoms with Crippen LogP contribution in [0.5, 0.6) is 5.75 Å². The van der Waals surface area contributed by atoms with Gasteiger partial charge in [0.25, 0.3) is 0 Å². The number of ether oxygens (including phenoxy) is 1. The summed E-state index contributed by atoms with van der Waals surface area (Å²) in [5, 5.41) is 8.78. The maximum absolute atomic E-state index is 13.5. The number of aromatic nitrogens is 4. The van der Waals surface area contributed by atoms with E-state index in [0.29, 0.717) is 27.5 Å². The number of benzene rings is 2. The Kier molecular flexibility index (Phi) is 7.14. The standard InChI is InChI=1S/C26H26ClN5O4S/c1-31-15-19(11-13-26(31)33)18-10-12-24(25(14-18)37(34,35)29-20-6-2-3-7-20)36-17-21-16-32(30-28-21)23-9-5-4-8-22(23)27/h4-5,8-16,20,29H,2-3,6-7,17H2,1H3. The first-order valence-corrected chi connectivity index (χ1v) is 13.8. The van der Waals surface area contributed by atoms with Gasteiger partial charge < -0.3 is 9.30 Å². The highest BCUT2D eigenvalue weighted by atomic mass is 35.5. The number of halogens is 1. The van der Waals surface area contributed by atoms with Crippen molar-refractivity contribution in [2.24, 2.45) is 7.05 Å². The van der Waals surface area contributed by atoms with Gasteiger partial charge in [0.05, 0.1) is 16.9 Å². The number of pyridine rings is 1. The molecule has 2 aromatic heterocycles. The van der Waals surface area contributed by atoms with E-state index >= 15 is 0 Å². The first kappa shape index (κ1) is 25.2. The topological polar surface area (TPSA) is 108 Å². The normalized spacial score (nSPS) is 14.2. The van der Waals surface area contributed by atoms with Crippen LogP contribution in [0.3, 0.4) is 0 Å². The SMILES string of the molecule is Cn1cc(-c2ccc(OCc3cn(-c4ccccc4Cl)nn3)c(S(=O)(=O)NC3CCCC3)c2)ccc1=O. The molecule has 9 nitrogen and oxygen atoms in total. The summed E-state index contributed by atoms with van der Waals surface area (Å²) in [4.78, 5) is 11.9. The van der Waals surface area contributed by atoms with Crippen LogP contribution in [0.25, 0.3) is 16.8 Å². The van der Waals surface area contributed by atoms with Crippen molar-refractivity contribution in [1.82, 2.24) is 24.3 Å². The highest BCUT2D eigenvalue weighted by Crippen LogP contribution is 2.31. The molecule has 1 aliphatic carbocycles. The Morgan fingerprint density at radius 2 is 1.81 bits per heavy atom. The number of hydrogen-bond acceptors (Lipinski definition) is 6. The third kappa shape index (κ3) is 5.61. The predicted octanol–water partition coefficient (Wildman–Crippen LogP) is 4.09. The van der Waals surface area contributed by atoms with Crippen LogP contribution in [0.4, 0.5) is 0 Å². The summed E-state index contributed by atoms with van der Waals surface area (Å²) < 4.78 is 38.7. The van der Waals surface area contributed by atoms with E-state index in [1.165, 1.54) is 10.6 Å². The number of rotatable bonds is 8. The van der Waals surface area contributed by atoms with Gasteiger partial charge in [-0.3, -0.25) is 4.79 Å². The van der Waals surface area contributed by atoms with Crippen molar-refractivity contribution < 1.29 is 13.2 Å². The number of nitrogens with zero attached hydrogens (tertiary/aromatic N) is 4. The molecule has 2 heterocycles. The minimum absolute atomic E-state index is 0.00951. The molecule has 37 heavy (non-hydrogen) atoms. The molecule has 1 saturated carbocycles. The third-order valence-corrected chi connectivity index (χ3v) is 8.21. The fourth-order valence-corrected chi connectivity index (χ4v) is 6.08. The second-order valence-corrected chi connectivity index (χ2v) is 11.1. The number of para-hydroxylation sites is 1. The minimum Gasteiger partial charge on any atom is -0.486 e. The van der Waals surface area contributed by atoms with Gasteiger partial charge in [-0.05, 0) is 54.3 Å². The average molecular weight is 540 g/mol. The fourth-order valence-electron chi connectivity index (χ4n) is 4.38. The molecule has 11 heteroatoms. The van der Waals surface area contributed by atoms with E-state index in [9.17, 15) is 13.2 Å². The number of sulfonamides is 1. The van der Waals surface area contributed by atoms with Crippen molar-refractivity contribution in [3.63, 3.8) is 0 Å². The molecule has 0 amide bonds. The minimum atomic E-state index is -3.87. The molecule has 5 rings (SSSR count). The van der Waals surface area contributed by atoms with Gasteiger partial charge in [-0.1, -0.05) is 47.9 Å². The molecule has 0 atom stereocenters. The smallest absolute Gasteiger partial charge is 0.250 e. The van der Waals surface area contributed by atoms with Crippen molar-refractivity contribution in [1.29, 1.82) is 0 Å². The summed E-state index contributed by atoms with van der Waals surface area (Å²) in [6.45, 7) is 0.00951. The summed E-state index contributed by atoms with van der Waals surface area (Å²) in [5.74, 6) is 0.200. The van der Waals surface area contributed by atoms with Crippen LogP contribution in [-0.4, -0.2) is 34.0 Å². The third-order valence-electron chi connectivity index (χ3n) is 6.35. The zero-order valence-corrected chi connectivity index (χ0v) is 21.7. The van der Waals surface area contributed by atoms with Crippen molar-refractivity contribution in [3.05, 3.63) is 88.1 Å². The molecule has 1 fully saturated rings. The van der Waals surface area contributed by atoms with E-state index in [0.717, 1.165) is 25.7 Å². The van der Waals surface area contributed by atoms with Crippen molar-refractivity contribution in [3.8, 4) is 22.6 Å². The molecule has 0 aliphatic heterocycles. The van der Waals surface area contributed by atoms with Crippen LogP contribution in [0, 0.1) is 0 Å². The first-order valence-electron chi connectivity index (χ1n) is 11.9. The maximum atomic E-state index is 13.5. The lowest BCUT2D eigenvalue weighted by Gasteiger charge is -2.17. The number of nitrogens with one attached hydrogen (secondary N) is 1. The summed E-state index contributed by atoms with van der Waals surface area (Å²) in [6, 6.07) is 15.2. The highest BCUT2D eigenvalue weighted by Gasteiger charge is 2.26. The van der Waals surface area contributed by atoms with Gasteiger partial charge >= 0.3 is 0 Å². The number of hydrogen-bond donors (Lipinski definition) is 1. The predicted molar refractivity (Wildman–Crippen MR) is 140 cm³/mol. The second-order valence-electron chi connectivity index (χ2n) is 9.03. The lowest BCUT2D eigenvalue weighted by Crippen LogP contribution is -2.33. The Hall–Kier alpha value is -3.47. The van der Waals surface area contributed by atoms with Crippen molar-refractivity contribution in [2.75, 3.05) is 0 Å². The van der Waals surface area contributed by atoms with E-state index in [1.807, 2.05) is 18.2 Å². The van der Waals surface area contributed by atoms with Crippen LogP contribution in [0.2, 0.25) is 5.02 Å². The van der Waals surface area contributed by atoms with E-state index in [-0.39, 0.29) is 28.9 Å². The van der Waals surface area contributed by atoms with Gasteiger partial charge in [-0.15, -0.1) is 5.10 Å². The monoisotopic (exact) mass is 539 g/mol. The Labute approximate surface area is 219 Å². The van der Waals surface area contributed by atoms with E-state index in [4.69, 9.17) is 16.3 Å². The molecule has 192 valence electrons. The van der Waals surface area contributed by atoms with E-state index in [2.05, 4.69) is 15.0 Å². The van der Waals surface area contributed by atoms with Gasteiger partial charge in [0.2, 0.25) is 15.6 Å². The molecule has 0 bridgehead atoms. The maximum Gasteiger partial charge on any atom is 0.250 e. The molecule has 2 aromatic carbocycles. The Bertz CT molecular complexity index is 1590. The van der Waals surface area contributed by atoms with Gasteiger partial charge in [-0.25, -0.2) is 17.8 Å². The zero-order valence-electron chi connectivity index (χ0n) is 20.2. The van der Waals surface area contributed by atoms with Gasteiger partial charge in [-0.2, -0.15) is 0 Å². The Morgan fingerprint density at radius 1 is 1.05 bits per heavy atom. The second kappa shape index (κ2) is 10.5. The summed E-state index contributed by atoms with van der Waals surface area (Å²) in [6.07, 6.45) is 6.96. The highest BCUT2D eigenvalue weighted by molar-refractivity contribution is 7.89. The summed E-state index contributed by atoms with van der Waals surface area (Å²) in [5.41, 5.74) is 2.40. The molecule has 4 aromatic rings. The quantitative estimate of drug-likeness (QED) is 0.361. The number of aryl methyl sites for hydroxylation is 1. The molecule has 0 unspecified atom stereocenters. The Balaban J connectivity index is 1.45. The van der Waals surface area contributed by atoms with E-state index < -0.39 is 10.0 Å². The molecular weight excluding hydrogens is 514 g/mol. The molecule has 0 saturated heterocycles. The summed E-state index contributed by atoms with van der Waals surface area (Å²) >= 11 is 6.25. The Morgan fingerprint density at radius 3 is 2.57 bits per heavy atom. The lowest BCUT2D eigenvalue weighted by atomic mass is 10.1. The molecule has 0 radical (unpaired) electrons. The molecule has 1 aliphatic rings. The van der Waals surface area contributed by atoms with Crippen LogP contribution in [0.1, 0.15) is 31.4 Å². The molecule has 0 spiro atoms. The van der Waals surface area contributed by atoms with Crippen LogP contribution in [-0.2, 0) is 23.7 Å². The van der Waals surface area contributed by atoms with Crippen LogP contribution < -0.4 is 15.0 Å². The molecule has 1 N–H and O–H groups in total. The van der Waals surface area contributed by atoms with Gasteiger partial charge in [0, 0.05) is 25.4 Å². The van der Waals surface area contributed by atoms with Crippen molar-refractivity contribution >= 4 is 21.6 Å². The van der Waals surface area contributed by atoms with E-state index in [1.54, 1.807) is 54.5 Å².